The molecule has 0 atom stereocenters. The minimum Gasteiger partial charge on any atom is -0.347 e. The first kappa shape index (κ1) is 36.2. The lowest BCUT2D eigenvalue weighted by atomic mass is 9.91. The highest BCUT2D eigenvalue weighted by molar-refractivity contribution is 6.22. The molecule has 0 saturated carbocycles. The number of aryl methyl sites for hydroxylation is 3. The Morgan fingerprint density at radius 1 is 0.527 bits per heavy atom. The number of alkyl halides is 1. The maximum atomic E-state index is 14.4. The summed E-state index contributed by atoms with van der Waals surface area (Å²) in [5.41, 5.74) is 8.41. The average molecular weight is 727 g/mol. The average Bonchev–Trinajstić information content (AvgIpc) is 3.78. The summed E-state index contributed by atoms with van der Waals surface area (Å²) >= 11 is 0. The van der Waals surface area contributed by atoms with E-state index in [-0.39, 0.29) is 18.2 Å². The molecule has 0 fully saturated rings. The normalized spacial score (nSPS) is 11.7. The van der Waals surface area contributed by atoms with E-state index in [1.165, 1.54) is 0 Å². The fraction of sp³-hybridized carbons (Fsp3) is 0.240. The van der Waals surface area contributed by atoms with Gasteiger partial charge >= 0.3 is 0 Å². The number of ketones is 2. The van der Waals surface area contributed by atoms with Gasteiger partial charge in [0.2, 0.25) is 0 Å². The molecule has 0 aliphatic carbocycles. The van der Waals surface area contributed by atoms with Crippen molar-refractivity contribution in [1.82, 2.24) is 9.13 Å². The first-order chi connectivity index (χ1) is 27.0. The third-order valence-corrected chi connectivity index (χ3v) is 11.3. The van der Waals surface area contributed by atoms with Gasteiger partial charge in [-0.05, 0) is 89.4 Å². The molecule has 6 aromatic carbocycles. The van der Waals surface area contributed by atoms with Crippen LogP contribution < -0.4 is 0 Å². The second kappa shape index (κ2) is 15.9. The summed E-state index contributed by atoms with van der Waals surface area (Å²) in [5.74, 6) is 0.0562. The topological polar surface area (TPSA) is 44.0 Å². The number of rotatable bonds is 15. The Bertz CT molecular complexity index is 2700. The van der Waals surface area contributed by atoms with Gasteiger partial charge in [0.1, 0.15) is 0 Å². The zero-order valence-electron chi connectivity index (χ0n) is 31.8. The van der Waals surface area contributed by atoms with Gasteiger partial charge in [-0.1, -0.05) is 123 Å². The van der Waals surface area contributed by atoms with Crippen molar-refractivity contribution >= 4 is 54.9 Å². The number of nitrogens with zero attached hydrogens (tertiary/aromatic N) is 2. The van der Waals surface area contributed by atoms with Gasteiger partial charge in [-0.2, -0.15) is 0 Å². The maximum Gasteiger partial charge on any atom is 0.195 e. The lowest BCUT2D eigenvalue weighted by Gasteiger charge is -2.12. The smallest absolute Gasteiger partial charge is 0.195 e. The molecule has 5 heteroatoms. The van der Waals surface area contributed by atoms with E-state index in [0.717, 1.165) is 116 Å². The Morgan fingerprint density at radius 3 is 1.78 bits per heavy atom. The first-order valence-corrected chi connectivity index (χ1v) is 19.8. The van der Waals surface area contributed by atoms with Crippen LogP contribution in [0.15, 0.2) is 128 Å². The lowest BCUT2D eigenvalue weighted by Crippen LogP contribution is -2.04. The Balaban J connectivity index is 1.14. The van der Waals surface area contributed by atoms with E-state index in [1.807, 2.05) is 60.8 Å². The zero-order valence-corrected chi connectivity index (χ0v) is 31.8. The number of halogens is 1. The molecule has 55 heavy (non-hydrogen) atoms. The minimum absolute atomic E-state index is 0.00587. The number of aromatic nitrogens is 2. The highest BCUT2D eigenvalue weighted by Crippen LogP contribution is 2.33. The van der Waals surface area contributed by atoms with Gasteiger partial charge in [0.05, 0.1) is 6.67 Å². The number of hydrogen-bond acceptors (Lipinski definition) is 2. The van der Waals surface area contributed by atoms with Gasteiger partial charge in [-0.25, -0.2) is 0 Å². The van der Waals surface area contributed by atoms with Crippen LogP contribution in [0.2, 0.25) is 0 Å². The van der Waals surface area contributed by atoms with Crippen molar-refractivity contribution in [1.29, 1.82) is 0 Å². The number of para-hydroxylation sites is 1. The second-order valence-corrected chi connectivity index (χ2v) is 14.9. The van der Waals surface area contributed by atoms with Crippen molar-refractivity contribution in [3.05, 3.63) is 167 Å². The SMILES string of the molecule is CCCCCn1cc(C(=O)c2ccc(C)c3ccccc23)c2ccc(Cc3ccc(C(=O)c4cn(CCCCCF)c5ccccc45)c4ccccc34)cc21. The van der Waals surface area contributed by atoms with Crippen LogP contribution in [0.1, 0.15) is 94.0 Å². The van der Waals surface area contributed by atoms with Crippen LogP contribution in [0.4, 0.5) is 4.39 Å². The molecule has 0 unspecified atom stereocenters. The molecule has 4 nitrogen and oxygen atoms in total. The van der Waals surface area contributed by atoms with Crippen LogP contribution >= 0.6 is 0 Å². The van der Waals surface area contributed by atoms with Crippen LogP contribution in [-0.2, 0) is 19.5 Å². The second-order valence-electron chi connectivity index (χ2n) is 14.9. The van der Waals surface area contributed by atoms with Gasteiger partial charge in [0.15, 0.2) is 11.6 Å². The molecule has 0 aliphatic rings. The van der Waals surface area contributed by atoms with Crippen molar-refractivity contribution in [2.45, 2.75) is 71.9 Å². The van der Waals surface area contributed by atoms with Crippen molar-refractivity contribution < 1.29 is 14.0 Å². The molecule has 2 heterocycles. The summed E-state index contributed by atoms with van der Waals surface area (Å²) < 4.78 is 17.2. The van der Waals surface area contributed by atoms with Gasteiger partial charge < -0.3 is 9.13 Å². The number of benzene rings is 6. The number of hydrogen-bond donors (Lipinski definition) is 0. The highest BCUT2D eigenvalue weighted by Gasteiger charge is 2.22. The number of carbonyl (C=O) groups is 2. The molecular formula is C50H47FN2O2. The molecule has 0 bridgehead atoms. The number of carbonyl (C=O) groups excluding carboxylic acids is 2. The van der Waals surface area contributed by atoms with Crippen LogP contribution in [0.3, 0.4) is 0 Å². The van der Waals surface area contributed by atoms with Crippen molar-refractivity contribution in [3.8, 4) is 0 Å². The Hall–Kier alpha value is -5.81. The summed E-state index contributed by atoms with van der Waals surface area (Å²) in [6, 6.07) is 39.1. The largest absolute Gasteiger partial charge is 0.347 e. The maximum absolute atomic E-state index is 14.4. The van der Waals surface area contributed by atoms with Crippen LogP contribution in [0, 0.1) is 6.92 Å². The molecule has 0 amide bonds. The van der Waals surface area contributed by atoms with Crippen molar-refractivity contribution in [2.75, 3.05) is 6.67 Å². The number of fused-ring (bicyclic) bond motifs is 4. The molecule has 8 rings (SSSR count). The quantitative estimate of drug-likeness (QED) is 0.0780. The third kappa shape index (κ3) is 7.00. The van der Waals surface area contributed by atoms with Crippen molar-refractivity contribution in [2.24, 2.45) is 0 Å². The fourth-order valence-corrected chi connectivity index (χ4v) is 8.38. The Morgan fingerprint density at radius 2 is 1.09 bits per heavy atom. The lowest BCUT2D eigenvalue weighted by molar-refractivity contribution is 0.103. The summed E-state index contributed by atoms with van der Waals surface area (Å²) in [5, 5.41) is 6.00. The van der Waals surface area contributed by atoms with Gasteiger partial charge in [0.25, 0.3) is 0 Å². The predicted molar refractivity (Wildman–Crippen MR) is 226 cm³/mol. The monoisotopic (exact) mass is 726 g/mol. The van der Waals surface area contributed by atoms with E-state index in [4.69, 9.17) is 0 Å². The van der Waals surface area contributed by atoms with E-state index < -0.39 is 0 Å². The van der Waals surface area contributed by atoms with E-state index in [9.17, 15) is 14.0 Å². The molecule has 0 saturated heterocycles. The van der Waals surface area contributed by atoms with E-state index >= 15 is 0 Å². The molecular weight excluding hydrogens is 680 g/mol. The summed E-state index contributed by atoms with van der Waals surface area (Å²) in [6.45, 7) is 5.60. The van der Waals surface area contributed by atoms with Crippen molar-refractivity contribution in [3.63, 3.8) is 0 Å². The molecule has 0 radical (unpaired) electrons. The molecule has 0 N–H and O–H groups in total. The fourth-order valence-electron chi connectivity index (χ4n) is 8.38. The van der Waals surface area contributed by atoms with E-state index in [2.05, 4.69) is 89.8 Å². The Labute approximate surface area is 322 Å². The van der Waals surface area contributed by atoms with Crippen LogP contribution in [0.5, 0.6) is 0 Å². The third-order valence-electron chi connectivity index (χ3n) is 11.3. The molecule has 0 aliphatic heterocycles. The van der Waals surface area contributed by atoms with E-state index in [0.29, 0.717) is 24.0 Å². The zero-order chi connectivity index (χ0) is 37.9. The van der Waals surface area contributed by atoms with Gasteiger partial charge in [-0.15, -0.1) is 0 Å². The van der Waals surface area contributed by atoms with Gasteiger partial charge in [-0.3, -0.25) is 14.0 Å². The molecule has 276 valence electrons. The Kier molecular flexibility index (Phi) is 10.5. The molecule has 8 aromatic rings. The van der Waals surface area contributed by atoms with Crippen LogP contribution in [0.25, 0.3) is 43.4 Å². The highest BCUT2D eigenvalue weighted by atomic mass is 19.1. The first-order valence-electron chi connectivity index (χ1n) is 19.8. The summed E-state index contributed by atoms with van der Waals surface area (Å²) in [4.78, 5) is 28.7. The van der Waals surface area contributed by atoms with E-state index in [1.54, 1.807) is 0 Å². The standard InChI is InChI=1S/C50H47FN2O2/c1-3-4-13-28-53-33-46(49(54)43-24-21-34(2)37-15-6-8-17-39(37)43)42-25-22-35(31-48(42)53)30-36-23-26-44(40-18-9-7-16-38(36)40)50(55)45-32-52(29-14-5-12-27-51)47-20-11-10-19-41(45)47/h6-11,15-26,31-33H,3-5,12-14,27-30H2,1-2H3. The minimum atomic E-state index is -0.297. The van der Waals surface area contributed by atoms with Crippen LogP contribution in [-0.4, -0.2) is 27.4 Å². The summed E-state index contributed by atoms with van der Waals surface area (Å²) in [7, 11) is 0. The molecule has 2 aromatic heterocycles. The molecule has 0 spiro atoms. The summed E-state index contributed by atoms with van der Waals surface area (Å²) in [6.07, 6.45) is 10.3. The number of unbranched alkanes of at least 4 members (excludes halogenated alkanes) is 4. The van der Waals surface area contributed by atoms with Gasteiger partial charge in [0, 0.05) is 69.5 Å². The predicted octanol–water partition coefficient (Wildman–Crippen LogP) is 12.6.